The monoisotopic (exact) mass is 292 g/mol. The summed E-state index contributed by atoms with van der Waals surface area (Å²) in [5.74, 6) is 0. The lowest BCUT2D eigenvalue weighted by Gasteiger charge is -2.29. The highest BCUT2D eigenvalue weighted by Crippen LogP contribution is 2.16. The Bertz CT molecular complexity index is 553. The lowest BCUT2D eigenvalue weighted by atomic mass is 10.1. The van der Waals surface area contributed by atoms with Crippen LogP contribution in [0.3, 0.4) is 0 Å². The summed E-state index contributed by atoms with van der Waals surface area (Å²) in [6.45, 7) is 8.99. The minimum atomic E-state index is 0.525. The van der Waals surface area contributed by atoms with Gasteiger partial charge < -0.3 is 10.2 Å². The highest BCUT2D eigenvalue weighted by atomic mass is 32.1. The first-order valence-corrected chi connectivity index (χ1v) is 8.49. The Balaban J connectivity index is 1.55. The molecule has 5 heteroatoms. The van der Waals surface area contributed by atoms with Crippen molar-refractivity contribution in [3.8, 4) is 0 Å². The Morgan fingerprint density at radius 3 is 2.95 bits per heavy atom. The van der Waals surface area contributed by atoms with E-state index in [0.717, 1.165) is 23.7 Å². The maximum Gasteiger partial charge on any atom is 0.194 e. The number of aryl methyl sites for hydroxylation is 1. The first-order chi connectivity index (χ1) is 9.74. The van der Waals surface area contributed by atoms with Crippen LogP contribution < -0.4 is 5.32 Å². The summed E-state index contributed by atoms with van der Waals surface area (Å²) in [7, 11) is 0. The van der Waals surface area contributed by atoms with E-state index in [1.54, 1.807) is 11.3 Å². The van der Waals surface area contributed by atoms with Crippen LogP contribution in [0.5, 0.6) is 0 Å². The van der Waals surface area contributed by atoms with Crippen molar-refractivity contribution >= 4 is 16.3 Å². The first kappa shape index (κ1) is 14.0. The number of aromatic nitrogens is 2. The third-order valence-corrected chi connectivity index (χ3v) is 4.92. The van der Waals surface area contributed by atoms with Crippen molar-refractivity contribution in [1.82, 2.24) is 19.6 Å². The highest BCUT2D eigenvalue weighted by molar-refractivity contribution is 7.15. The smallest absolute Gasteiger partial charge is 0.194 e. The van der Waals surface area contributed by atoms with E-state index in [1.165, 1.54) is 38.0 Å². The molecule has 1 fully saturated rings. The van der Waals surface area contributed by atoms with Crippen LogP contribution >= 0.6 is 11.3 Å². The first-order valence-electron chi connectivity index (χ1n) is 7.61. The standard InChI is InChI=1S/C15H24N4S/c1-12(11-18-6-4-3-5-7-18)16-10-14-13(2)17-15-19(14)8-9-20-15/h8-9,12,16H,3-7,10-11H2,1-2H3. The quantitative estimate of drug-likeness (QED) is 0.919. The van der Waals surface area contributed by atoms with Crippen molar-refractivity contribution in [2.24, 2.45) is 0 Å². The van der Waals surface area contributed by atoms with Crippen LogP contribution in [0.2, 0.25) is 0 Å². The van der Waals surface area contributed by atoms with Gasteiger partial charge in [-0.2, -0.15) is 0 Å². The summed E-state index contributed by atoms with van der Waals surface area (Å²) in [4.78, 5) is 8.29. The average Bonchev–Trinajstić information content (AvgIpc) is 2.98. The average molecular weight is 292 g/mol. The summed E-state index contributed by atoms with van der Waals surface area (Å²) in [5.41, 5.74) is 2.45. The minimum Gasteiger partial charge on any atom is -0.307 e. The Hall–Kier alpha value is -0.910. The number of nitrogens with one attached hydrogen (secondary N) is 1. The van der Waals surface area contributed by atoms with Crippen LogP contribution in [0.1, 0.15) is 37.6 Å². The number of fused-ring (bicyclic) bond motifs is 1. The molecule has 1 N–H and O–H groups in total. The zero-order chi connectivity index (χ0) is 13.9. The third-order valence-electron chi connectivity index (χ3n) is 4.16. The SMILES string of the molecule is Cc1nc2sccn2c1CNC(C)CN1CCCCC1. The van der Waals surface area contributed by atoms with E-state index in [9.17, 15) is 0 Å². The Labute approximate surface area is 124 Å². The van der Waals surface area contributed by atoms with Crippen LogP contribution in [0.4, 0.5) is 0 Å². The molecule has 1 unspecified atom stereocenters. The van der Waals surface area contributed by atoms with Gasteiger partial charge in [0, 0.05) is 30.7 Å². The molecule has 0 amide bonds. The van der Waals surface area contributed by atoms with Crippen molar-refractivity contribution in [3.05, 3.63) is 23.0 Å². The Morgan fingerprint density at radius 2 is 2.15 bits per heavy atom. The number of piperidine rings is 1. The van der Waals surface area contributed by atoms with E-state index in [4.69, 9.17) is 0 Å². The number of rotatable bonds is 5. The lowest BCUT2D eigenvalue weighted by Crippen LogP contribution is -2.41. The number of imidazole rings is 1. The molecule has 4 nitrogen and oxygen atoms in total. The summed E-state index contributed by atoms with van der Waals surface area (Å²) in [6, 6.07) is 0.525. The van der Waals surface area contributed by atoms with E-state index in [0.29, 0.717) is 6.04 Å². The van der Waals surface area contributed by atoms with Crippen LogP contribution in [0.15, 0.2) is 11.6 Å². The molecule has 3 rings (SSSR count). The molecule has 0 aromatic carbocycles. The second-order valence-corrected chi connectivity index (χ2v) is 6.72. The number of likely N-dealkylation sites (tertiary alicyclic amines) is 1. The van der Waals surface area contributed by atoms with E-state index in [2.05, 4.69) is 45.0 Å². The molecule has 110 valence electrons. The number of hydrogen-bond acceptors (Lipinski definition) is 4. The summed E-state index contributed by atoms with van der Waals surface area (Å²) in [5, 5.41) is 5.76. The van der Waals surface area contributed by atoms with Gasteiger partial charge in [-0.05, 0) is 39.8 Å². The van der Waals surface area contributed by atoms with Crippen molar-refractivity contribution in [3.63, 3.8) is 0 Å². The van der Waals surface area contributed by atoms with Crippen molar-refractivity contribution < 1.29 is 0 Å². The predicted octanol–water partition coefficient (Wildman–Crippen LogP) is 2.67. The van der Waals surface area contributed by atoms with Crippen LogP contribution in [-0.4, -0.2) is 40.0 Å². The van der Waals surface area contributed by atoms with Crippen LogP contribution in [-0.2, 0) is 6.54 Å². The highest BCUT2D eigenvalue weighted by Gasteiger charge is 2.14. The normalized spacial score (nSPS) is 18.7. The Kier molecular flexibility index (Phi) is 4.38. The molecule has 2 aromatic heterocycles. The third kappa shape index (κ3) is 3.05. The summed E-state index contributed by atoms with van der Waals surface area (Å²) >= 11 is 1.70. The van der Waals surface area contributed by atoms with Crippen molar-refractivity contribution in [2.45, 2.75) is 45.7 Å². The van der Waals surface area contributed by atoms with Crippen molar-refractivity contribution in [1.29, 1.82) is 0 Å². The lowest BCUT2D eigenvalue weighted by molar-refractivity contribution is 0.208. The van der Waals surface area contributed by atoms with E-state index in [1.807, 2.05) is 0 Å². The molecule has 0 spiro atoms. The van der Waals surface area contributed by atoms with Gasteiger partial charge in [-0.15, -0.1) is 11.3 Å². The van der Waals surface area contributed by atoms with Gasteiger partial charge in [0.25, 0.3) is 0 Å². The number of thiazole rings is 1. The summed E-state index contributed by atoms with van der Waals surface area (Å²) < 4.78 is 2.21. The van der Waals surface area contributed by atoms with Gasteiger partial charge in [0.15, 0.2) is 4.96 Å². The van der Waals surface area contributed by atoms with E-state index < -0.39 is 0 Å². The molecule has 1 aliphatic rings. The maximum atomic E-state index is 4.60. The molecule has 0 radical (unpaired) electrons. The summed E-state index contributed by atoms with van der Waals surface area (Å²) in [6.07, 6.45) is 6.25. The molecule has 3 heterocycles. The fraction of sp³-hybridized carbons (Fsp3) is 0.667. The molecule has 1 saturated heterocycles. The molecule has 1 aliphatic heterocycles. The van der Waals surface area contributed by atoms with Gasteiger partial charge >= 0.3 is 0 Å². The predicted molar refractivity (Wildman–Crippen MR) is 84.4 cm³/mol. The zero-order valence-electron chi connectivity index (χ0n) is 12.4. The van der Waals surface area contributed by atoms with Gasteiger partial charge in [-0.25, -0.2) is 4.98 Å². The largest absolute Gasteiger partial charge is 0.307 e. The number of nitrogens with zero attached hydrogens (tertiary/aromatic N) is 3. The van der Waals surface area contributed by atoms with Gasteiger partial charge in [-0.1, -0.05) is 6.42 Å². The maximum absolute atomic E-state index is 4.60. The fourth-order valence-corrected chi connectivity index (χ4v) is 3.80. The molecule has 20 heavy (non-hydrogen) atoms. The van der Waals surface area contributed by atoms with Crippen molar-refractivity contribution in [2.75, 3.05) is 19.6 Å². The molecule has 0 bridgehead atoms. The minimum absolute atomic E-state index is 0.525. The molecular weight excluding hydrogens is 268 g/mol. The van der Waals surface area contributed by atoms with E-state index in [-0.39, 0.29) is 0 Å². The topological polar surface area (TPSA) is 32.6 Å². The molecular formula is C15H24N4S. The van der Waals surface area contributed by atoms with E-state index >= 15 is 0 Å². The van der Waals surface area contributed by atoms with Gasteiger partial charge in [0.1, 0.15) is 0 Å². The fourth-order valence-electron chi connectivity index (χ4n) is 3.02. The van der Waals surface area contributed by atoms with Crippen LogP contribution in [0.25, 0.3) is 4.96 Å². The molecule has 1 atom stereocenters. The second-order valence-electron chi connectivity index (χ2n) is 5.84. The van der Waals surface area contributed by atoms with Gasteiger partial charge in [0.2, 0.25) is 0 Å². The Morgan fingerprint density at radius 1 is 1.35 bits per heavy atom. The molecule has 0 saturated carbocycles. The molecule has 0 aliphatic carbocycles. The van der Waals surface area contributed by atoms with Crippen LogP contribution in [0, 0.1) is 6.92 Å². The number of hydrogen-bond donors (Lipinski definition) is 1. The zero-order valence-corrected chi connectivity index (χ0v) is 13.2. The molecule has 2 aromatic rings. The van der Waals surface area contributed by atoms with Gasteiger partial charge in [-0.3, -0.25) is 4.40 Å². The second kappa shape index (κ2) is 6.24. The van der Waals surface area contributed by atoms with Gasteiger partial charge in [0.05, 0.1) is 11.4 Å².